The normalized spacial score (nSPS) is 14.8. The second-order valence-electron chi connectivity index (χ2n) is 8.89. The van der Waals surface area contributed by atoms with E-state index in [4.69, 9.17) is 16.3 Å². The van der Waals surface area contributed by atoms with Crippen LogP contribution in [-0.4, -0.2) is 42.9 Å². The topological polar surface area (TPSA) is 80.6 Å². The van der Waals surface area contributed by atoms with Crippen LogP contribution in [0.4, 0.5) is 5.69 Å². The molecule has 5 rings (SSSR count). The van der Waals surface area contributed by atoms with Gasteiger partial charge >= 0.3 is 0 Å². The van der Waals surface area contributed by atoms with E-state index < -0.39 is 10.0 Å². The minimum atomic E-state index is -3.59. The molecule has 0 atom stereocenters. The van der Waals surface area contributed by atoms with Gasteiger partial charge in [0.05, 0.1) is 9.92 Å². The van der Waals surface area contributed by atoms with Crippen LogP contribution in [-0.2, 0) is 21.4 Å². The molecule has 36 heavy (non-hydrogen) atoms. The van der Waals surface area contributed by atoms with E-state index in [0.29, 0.717) is 18.8 Å². The standard InChI is InChI=1S/C27H28ClN3O4S/c1-2-31-24-9-5-4-8-21(24)22-16-19(10-12-25(22)31)29-27(32)18-35-26-13-11-20(17-23(26)28)36(33,34)30-14-6-3-7-15-30/h4-5,8-13,16-17H,2-3,6-7,14-15,18H2,1H3,(H,29,32). The summed E-state index contributed by atoms with van der Waals surface area (Å²) in [6.45, 7) is 3.74. The number of hydrogen-bond donors (Lipinski definition) is 1. The first-order chi connectivity index (χ1) is 17.4. The number of fused-ring (bicyclic) bond motifs is 3. The van der Waals surface area contributed by atoms with Crippen molar-refractivity contribution in [3.8, 4) is 5.75 Å². The third-order valence-corrected chi connectivity index (χ3v) is 8.78. The quantitative estimate of drug-likeness (QED) is 0.337. The van der Waals surface area contributed by atoms with Crippen molar-refractivity contribution < 1.29 is 17.9 Å². The molecule has 1 aliphatic rings. The van der Waals surface area contributed by atoms with Gasteiger partial charge in [-0.3, -0.25) is 4.79 Å². The Labute approximate surface area is 215 Å². The fourth-order valence-electron chi connectivity index (χ4n) is 4.83. The summed E-state index contributed by atoms with van der Waals surface area (Å²) >= 11 is 6.31. The molecule has 0 bridgehead atoms. The first-order valence-corrected chi connectivity index (χ1v) is 13.9. The molecule has 0 saturated carbocycles. The molecule has 7 nitrogen and oxygen atoms in total. The molecule has 0 unspecified atom stereocenters. The van der Waals surface area contributed by atoms with E-state index >= 15 is 0 Å². The summed E-state index contributed by atoms with van der Waals surface area (Å²) in [4.78, 5) is 12.7. The highest BCUT2D eigenvalue weighted by atomic mass is 35.5. The third-order valence-electron chi connectivity index (χ3n) is 6.59. The van der Waals surface area contributed by atoms with Crippen molar-refractivity contribution in [3.63, 3.8) is 0 Å². The molecule has 1 amide bonds. The van der Waals surface area contributed by atoms with Gasteiger partial charge in [0.25, 0.3) is 5.91 Å². The fourth-order valence-corrected chi connectivity index (χ4v) is 6.67. The molecule has 1 aromatic heterocycles. The zero-order valence-corrected chi connectivity index (χ0v) is 21.6. The summed E-state index contributed by atoms with van der Waals surface area (Å²) in [5.74, 6) is -0.0828. The van der Waals surface area contributed by atoms with Gasteiger partial charge in [-0.1, -0.05) is 36.2 Å². The SMILES string of the molecule is CCn1c2ccccc2c2cc(NC(=O)COc3ccc(S(=O)(=O)N4CCCCC4)cc3Cl)ccc21. The number of amides is 1. The monoisotopic (exact) mass is 525 g/mol. The van der Waals surface area contributed by atoms with E-state index in [2.05, 4.69) is 28.9 Å². The maximum Gasteiger partial charge on any atom is 0.262 e. The van der Waals surface area contributed by atoms with Gasteiger partial charge in [0.1, 0.15) is 5.75 Å². The number of benzene rings is 3. The fraction of sp³-hybridized carbons (Fsp3) is 0.296. The number of carbonyl (C=O) groups excluding carboxylic acids is 1. The predicted molar refractivity (Wildman–Crippen MR) is 143 cm³/mol. The Morgan fingerprint density at radius 3 is 2.47 bits per heavy atom. The van der Waals surface area contributed by atoms with E-state index in [-0.39, 0.29) is 28.2 Å². The number of piperidine rings is 1. The van der Waals surface area contributed by atoms with Crippen molar-refractivity contribution in [2.24, 2.45) is 0 Å². The Kier molecular flexibility index (Phi) is 6.92. The van der Waals surface area contributed by atoms with Crippen LogP contribution in [0.2, 0.25) is 5.02 Å². The number of nitrogens with zero attached hydrogens (tertiary/aromatic N) is 2. The number of anilines is 1. The summed E-state index contributed by atoms with van der Waals surface area (Å²) in [7, 11) is -3.59. The van der Waals surface area contributed by atoms with Crippen LogP contribution in [0, 0.1) is 0 Å². The lowest BCUT2D eigenvalue weighted by atomic mass is 10.1. The number of ether oxygens (including phenoxy) is 1. The Bertz CT molecular complexity index is 1540. The van der Waals surface area contributed by atoms with Crippen LogP contribution in [0.25, 0.3) is 21.8 Å². The first-order valence-electron chi connectivity index (χ1n) is 12.1. The van der Waals surface area contributed by atoms with Crippen LogP contribution in [0.15, 0.2) is 65.6 Å². The van der Waals surface area contributed by atoms with Crippen molar-refractivity contribution in [1.29, 1.82) is 0 Å². The summed E-state index contributed by atoms with van der Waals surface area (Å²) in [5, 5.41) is 5.23. The summed E-state index contributed by atoms with van der Waals surface area (Å²) in [6.07, 6.45) is 2.76. The lowest BCUT2D eigenvalue weighted by Crippen LogP contribution is -2.35. The van der Waals surface area contributed by atoms with E-state index in [0.717, 1.165) is 47.6 Å². The molecular formula is C27H28ClN3O4S. The number of aryl methyl sites for hydroxylation is 1. The molecule has 9 heteroatoms. The molecule has 1 N–H and O–H groups in total. The Hall–Kier alpha value is -3.07. The average Bonchev–Trinajstić information content (AvgIpc) is 3.21. The summed E-state index contributed by atoms with van der Waals surface area (Å²) < 4.78 is 35.1. The smallest absolute Gasteiger partial charge is 0.262 e. The molecule has 2 heterocycles. The number of hydrogen-bond acceptors (Lipinski definition) is 4. The highest BCUT2D eigenvalue weighted by Crippen LogP contribution is 2.32. The number of para-hydroxylation sites is 1. The van der Waals surface area contributed by atoms with Gasteiger partial charge in [0.15, 0.2) is 6.61 Å². The zero-order valence-electron chi connectivity index (χ0n) is 20.0. The van der Waals surface area contributed by atoms with Gasteiger partial charge < -0.3 is 14.6 Å². The molecule has 0 radical (unpaired) electrons. The van der Waals surface area contributed by atoms with Crippen molar-refractivity contribution in [1.82, 2.24) is 8.87 Å². The largest absolute Gasteiger partial charge is 0.482 e. The van der Waals surface area contributed by atoms with Crippen LogP contribution in [0.1, 0.15) is 26.2 Å². The number of rotatable bonds is 7. The maximum atomic E-state index is 12.9. The molecule has 1 fully saturated rings. The molecule has 1 saturated heterocycles. The van der Waals surface area contributed by atoms with Crippen molar-refractivity contribution in [2.75, 3.05) is 25.0 Å². The zero-order chi connectivity index (χ0) is 25.3. The lowest BCUT2D eigenvalue weighted by Gasteiger charge is -2.26. The second-order valence-corrected chi connectivity index (χ2v) is 11.2. The molecule has 0 aliphatic carbocycles. The average molecular weight is 526 g/mol. The van der Waals surface area contributed by atoms with Crippen molar-refractivity contribution in [2.45, 2.75) is 37.6 Å². The Morgan fingerprint density at radius 1 is 0.972 bits per heavy atom. The van der Waals surface area contributed by atoms with Crippen LogP contribution in [0.3, 0.4) is 0 Å². The predicted octanol–water partition coefficient (Wildman–Crippen LogP) is 5.66. The minimum absolute atomic E-state index is 0.130. The minimum Gasteiger partial charge on any atom is -0.482 e. The third kappa shape index (κ3) is 4.68. The number of carbonyl (C=O) groups is 1. The number of aromatic nitrogens is 1. The van der Waals surface area contributed by atoms with Crippen LogP contribution >= 0.6 is 11.6 Å². The molecule has 188 valence electrons. The number of nitrogens with one attached hydrogen (secondary N) is 1. The Balaban J connectivity index is 1.27. The maximum absolute atomic E-state index is 12.9. The van der Waals surface area contributed by atoms with E-state index in [1.165, 1.54) is 22.5 Å². The Morgan fingerprint density at radius 2 is 1.72 bits per heavy atom. The van der Waals surface area contributed by atoms with Crippen molar-refractivity contribution in [3.05, 3.63) is 65.7 Å². The van der Waals surface area contributed by atoms with E-state index in [1.807, 2.05) is 30.3 Å². The van der Waals surface area contributed by atoms with Gasteiger partial charge in [-0.15, -0.1) is 0 Å². The van der Waals surface area contributed by atoms with Gasteiger partial charge in [0.2, 0.25) is 10.0 Å². The van der Waals surface area contributed by atoms with Gasteiger partial charge in [-0.05, 0) is 62.2 Å². The van der Waals surface area contributed by atoms with Crippen molar-refractivity contribution >= 4 is 55.0 Å². The van der Waals surface area contributed by atoms with Gasteiger partial charge in [-0.2, -0.15) is 4.31 Å². The summed E-state index contributed by atoms with van der Waals surface area (Å²) in [5.41, 5.74) is 2.94. The first kappa shape index (κ1) is 24.6. The molecule has 4 aromatic rings. The molecular weight excluding hydrogens is 498 g/mol. The van der Waals surface area contributed by atoms with Crippen LogP contribution < -0.4 is 10.1 Å². The van der Waals surface area contributed by atoms with Gasteiger partial charge in [-0.25, -0.2) is 8.42 Å². The highest BCUT2D eigenvalue weighted by Gasteiger charge is 2.26. The van der Waals surface area contributed by atoms with E-state index in [1.54, 1.807) is 0 Å². The molecule has 3 aromatic carbocycles. The number of sulfonamides is 1. The second kappa shape index (κ2) is 10.1. The molecule has 0 spiro atoms. The van der Waals surface area contributed by atoms with E-state index in [9.17, 15) is 13.2 Å². The molecule has 1 aliphatic heterocycles. The van der Waals surface area contributed by atoms with Gasteiger partial charge in [0, 0.05) is 47.1 Å². The number of halogens is 1. The van der Waals surface area contributed by atoms with Crippen LogP contribution in [0.5, 0.6) is 5.75 Å². The summed E-state index contributed by atoms with van der Waals surface area (Å²) in [6, 6.07) is 18.4. The highest BCUT2D eigenvalue weighted by molar-refractivity contribution is 7.89. The lowest BCUT2D eigenvalue weighted by molar-refractivity contribution is -0.118.